The third kappa shape index (κ3) is 3.83. The Hall–Kier alpha value is -6.07. The number of rotatable bonds is 4. The van der Waals surface area contributed by atoms with Crippen LogP contribution in [0.5, 0.6) is 0 Å². The van der Waals surface area contributed by atoms with Crippen LogP contribution in [0.15, 0.2) is 150 Å². The summed E-state index contributed by atoms with van der Waals surface area (Å²) < 4.78 is 8.69. The molecule has 0 aliphatic rings. The van der Waals surface area contributed by atoms with Crippen molar-refractivity contribution < 1.29 is 4.42 Å². The first-order valence-electron chi connectivity index (χ1n) is 14.6. The molecule has 6 aromatic carbocycles. The smallest absolute Gasteiger partial charge is 0.238 e. The number of hydrogen-bond acceptors (Lipinski definition) is 4. The van der Waals surface area contributed by atoms with Crippen molar-refractivity contribution in [3.63, 3.8) is 0 Å². The lowest BCUT2D eigenvalue weighted by Gasteiger charge is -2.10. The van der Waals surface area contributed by atoms with Crippen LogP contribution in [0.25, 0.3) is 83.6 Å². The Morgan fingerprint density at radius 2 is 1.02 bits per heavy atom. The fourth-order valence-electron chi connectivity index (χ4n) is 6.23. The predicted molar refractivity (Wildman–Crippen MR) is 178 cm³/mol. The Labute approximate surface area is 252 Å². The fraction of sp³-hybridized carbons (Fsp3) is 0. The van der Waals surface area contributed by atoms with E-state index in [1.807, 2.05) is 42.5 Å². The summed E-state index contributed by atoms with van der Waals surface area (Å²) in [6, 6.07) is 49.7. The summed E-state index contributed by atoms with van der Waals surface area (Å²) in [7, 11) is 0. The Morgan fingerprint density at radius 3 is 1.73 bits per heavy atom. The average molecular weight is 565 g/mol. The number of fused-ring (bicyclic) bond motifs is 6. The van der Waals surface area contributed by atoms with Gasteiger partial charge in [0.15, 0.2) is 11.6 Å². The zero-order valence-corrected chi connectivity index (χ0v) is 23.6. The Bertz CT molecular complexity index is 2440. The largest absolute Gasteiger partial charge is 0.455 e. The normalized spacial score (nSPS) is 11.6. The molecule has 3 aromatic heterocycles. The van der Waals surface area contributed by atoms with E-state index in [1.54, 1.807) is 0 Å². The summed E-state index contributed by atoms with van der Waals surface area (Å²) in [5.41, 5.74) is 7.74. The van der Waals surface area contributed by atoms with Crippen LogP contribution in [0, 0.1) is 0 Å². The lowest BCUT2D eigenvalue weighted by atomic mass is 10.0. The molecule has 5 heteroatoms. The zero-order valence-electron chi connectivity index (χ0n) is 23.6. The molecule has 0 saturated heterocycles. The van der Waals surface area contributed by atoms with E-state index in [9.17, 15) is 0 Å². The number of aromatic nitrogens is 4. The highest BCUT2D eigenvalue weighted by Gasteiger charge is 2.19. The highest BCUT2D eigenvalue weighted by atomic mass is 16.3. The summed E-state index contributed by atoms with van der Waals surface area (Å²) >= 11 is 0. The predicted octanol–water partition coefficient (Wildman–Crippen LogP) is 9.87. The van der Waals surface area contributed by atoms with Crippen LogP contribution < -0.4 is 0 Å². The second-order valence-electron chi connectivity index (χ2n) is 10.9. The maximum absolute atomic E-state index is 6.56. The highest BCUT2D eigenvalue weighted by molar-refractivity contribution is 6.10. The molecule has 0 N–H and O–H groups in total. The van der Waals surface area contributed by atoms with E-state index in [2.05, 4.69) is 108 Å². The second-order valence-corrected chi connectivity index (χ2v) is 10.9. The van der Waals surface area contributed by atoms with Gasteiger partial charge in [0.25, 0.3) is 0 Å². The zero-order chi connectivity index (χ0) is 29.0. The monoisotopic (exact) mass is 564 g/mol. The van der Waals surface area contributed by atoms with Crippen molar-refractivity contribution in [1.82, 2.24) is 19.5 Å². The molecule has 9 aromatic rings. The Balaban J connectivity index is 1.28. The first-order chi connectivity index (χ1) is 21.8. The van der Waals surface area contributed by atoms with Gasteiger partial charge in [0.05, 0.1) is 11.0 Å². The van der Waals surface area contributed by atoms with Gasteiger partial charge in [-0.05, 0) is 29.8 Å². The standard InChI is InChI=1S/C39H24N4O/c1-3-12-25(13-4-1)28-18-11-19-32-31-23-22-27(24-35(31)44-36(28)32)38-40-37(26-14-5-2-6-15-26)41-39(42-38)43-33-20-9-7-16-29(33)30-17-8-10-21-34(30)43/h1-24H. The first-order valence-corrected chi connectivity index (χ1v) is 14.6. The lowest BCUT2D eigenvalue weighted by Crippen LogP contribution is -2.06. The molecule has 5 nitrogen and oxygen atoms in total. The fourth-order valence-corrected chi connectivity index (χ4v) is 6.23. The lowest BCUT2D eigenvalue weighted by molar-refractivity contribution is 0.670. The Kier molecular flexibility index (Phi) is 5.43. The van der Waals surface area contributed by atoms with E-state index < -0.39 is 0 Å². The van der Waals surface area contributed by atoms with Crippen molar-refractivity contribution in [1.29, 1.82) is 0 Å². The molecule has 0 radical (unpaired) electrons. The van der Waals surface area contributed by atoms with E-state index >= 15 is 0 Å². The maximum Gasteiger partial charge on any atom is 0.238 e. The minimum Gasteiger partial charge on any atom is -0.455 e. The van der Waals surface area contributed by atoms with Crippen LogP contribution in [-0.4, -0.2) is 19.5 Å². The summed E-state index contributed by atoms with van der Waals surface area (Å²) in [4.78, 5) is 15.1. The molecular weight excluding hydrogens is 540 g/mol. The van der Waals surface area contributed by atoms with Gasteiger partial charge in [-0.1, -0.05) is 121 Å². The van der Waals surface area contributed by atoms with Gasteiger partial charge in [0.1, 0.15) is 11.2 Å². The van der Waals surface area contributed by atoms with Crippen molar-refractivity contribution in [2.24, 2.45) is 0 Å². The van der Waals surface area contributed by atoms with Gasteiger partial charge in [-0.15, -0.1) is 0 Å². The van der Waals surface area contributed by atoms with E-state index in [4.69, 9.17) is 19.4 Å². The molecule has 0 aliphatic carbocycles. The van der Waals surface area contributed by atoms with Gasteiger partial charge in [-0.2, -0.15) is 9.97 Å². The molecule has 9 rings (SSSR count). The Morgan fingerprint density at radius 1 is 0.432 bits per heavy atom. The minimum absolute atomic E-state index is 0.572. The highest BCUT2D eigenvalue weighted by Crippen LogP contribution is 2.38. The van der Waals surface area contributed by atoms with E-state index in [-0.39, 0.29) is 0 Å². The van der Waals surface area contributed by atoms with Gasteiger partial charge in [0.2, 0.25) is 5.95 Å². The van der Waals surface area contributed by atoms with Crippen LogP contribution in [0.1, 0.15) is 0 Å². The van der Waals surface area contributed by atoms with Gasteiger partial charge in [0, 0.05) is 38.2 Å². The number of benzene rings is 6. The van der Waals surface area contributed by atoms with E-state index in [0.29, 0.717) is 17.6 Å². The molecular formula is C39H24N4O. The topological polar surface area (TPSA) is 56.7 Å². The van der Waals surface area contributed by atoms with Crippen molar-refractivity contribution in [2.75, 3.05) is 0 Å². The van der Waals surface area contributed by atoms with Gasteiger partial charge >= 0.3 is 0 Å². The van der Waals surface area contributed by atoms with Gasteiger partial charge < -0.3 is 4.42 Å². The number of hydrogen-bond donors (Lipinski definition) is 0. The molecule has 0 saturated carbocycles. The number of para-hydroxylation sites is 3. The first kappa shape index (κ1) is 24.5. The van der Waals surface area contributed by atoms with Gasteiger partial charge in [-0.25, -0.2) is 4.98 Å². The quantitative estimate of drug-likeness (QED) is 0.213. The summed E-state index contributed by atoms with van der Waals surface area (Å²) in [6.07, 6.45) is 0. The van der Waals surface area contributed by atoms with Crippen LogP contribution in [0.3, 0.4) is 0 Å². The summed E-state index contributed by atoms with van der Waals surface area (Å²) in [5, 5.41) is 4.45. The summed E-state index contributed by atoms with van der Waals surface area (Å²) in [5.74, 6) is 1.77. The molecule has 0 fully saturated rings. The van der Waals surface area contributed by atoms with Gasteiger partial charge in [-0.3, -0.25) is 4.57 Å². The molecule has 0 spiro atoms. The minimum atomic E-state index is 0.572. The van der Waals surface area contributed by atoms with E-state index in [0.717, 1.165) is 66.0 Å². The molecule has 206 valence electrons. The van der Waals surface area contributed by atoms with Crippen LogP contribution in [0.4, 0.5) is 0 Å². The van der Waals surface area contributed by atoms with Crippen molar-refractivity contribution >= 4 is 43.7 Å². The molecule has 0 atom stereocenters. The number of furan rings is 1. The molecule has 0 unspecified atom stereocenters. The van der Waals surface area contributed by atoms with Crippen molar-refractivity contribution in [3.8, 4) is 39.9 Å². The maximum atomic E-state index is 6.56. The van der Waals surface area contributed by atoms with Crippen molar-refractivity contribution in [3.05, 3.63) is 146 Å². The third-order valence-corrected chi connectivity index (χ3v) is 8.28. The molecule has 0 bridgehead atoms. The molecule has 44 heavy (non-hydrogen) atoms. The van der Waals surface area contributed by atoms with Crippen LogP contribution in [0.2, 0.25) is 0 Å². The third-order valence-electron chi connectivity index (χ3n) is 8.28. The van der Waals surface area contributed by atoms with Crippen LogP contribution >= 0.6 is 0 Å². The average Bonchev–Trinajstić information content (AvgIpc) is 3.64. The molecule has 0 amide bonds. The van der Waals surface area contributed by atoms with Crippen LogP contribution in [-0.2, 0) is 0 Å². The SMILES string of the molecule is c1ccc(-c2nc(-c3ccc4c(c3)oc3c(-c5ccccc5)cccc34)nc(-n3c4ccccc4c4ccccc43)n2)cc1. The molecule has 3 heterocycles. The second kappa shape index (κ2) is 9.75. The van der Waals surface area contributed by atoms with Crippen molar-refractivity contribution in [2.45, 2.75) is 0 Å². The number of nitrogens with zero attached hydrogens (tertiary/aromatic N) is 4. The summed E-state index contributed by atoms with van der Waals surface area (Å²) in [6.45, 7) is 0. The molecule has 0 aliphatic heterocycles. The van der Waals surface area contributed by atoms with E-state index in [1.165, 1.54) is 0 Å².